The van der Waals surface area contributed by atoms with Crippen LogP contribution in [0.1, 0.15) is 18.2 Å². The molecule has 0 aliphatic carbocycles. The predicted octanol–water partition coefficient (Wildman–Crippen LogP) is 2.68. The number of aryl methyl sites for hydroxylation is 3. The first kappa shape index (κ1) is 12.5. The summed E-state index contributed by atoms with van der Waals surface area (Å²) >= 11 is 0. The molecule has 1 heterocycles. The van der Waals surface area contributed by atoms with Crippen molar-refractivity contribution in [1.82, 2.24) is 9.78 Å². The minimum atomic E-state index is 0.675. The van der Waals surface area contributed by atoms with E-state index in [9.17, 15) is 0 Å². The fourth-order valence-corrected chi connectivity index (χ4v) is 2.16. The molecule has 2 aromatic rings. The highest BCUT2D eigenvalue weighted by molar-refractivity contribution is 5.77. The number of hydrogen-bond donors (Lipinski definition) is 1. The molecule has 0 atom stereocenters. The van der Waals surface area contributed by atoms with Gasteiger partial charge in [0.2, 0.25) is 0 Å². The Morgan fingerprint density at radius 1 is 1.33 bits per heavy atom. The molecule has 96 valence electrons. The number of nitrogen functional groups attached to an aromatic ring is 1. The molecule has 0 saturated heterocycles. The summed E-state index contributed by atoms with van der Waals surface area (Å²) in [5, 5.41) is 4.34. The van der Waals surface area contributed by atoms with E-state index in [1.165, 1.54) is 0 Å². The first-order chi connectivity index (χ1) is 8.54. The fourth-order valence-electron chi connectivity index (χ4n) is 2.16. The van der Waals surface area contributed by atoms with Gasteiger partial charge < -0.3 is 10.5 Å². The number of anilines is 1. The smallest absolute Gasteiger partial charge is 0.129 e. The van der Waals surface area contributed by atoms with E-state index in [2.05, 4.69) is 11.2 Å². The van der Waals surface area contributed by atoms with E-state index in [1.807, 2.05) is 40.0 Å². The molecule has 0 aliphatic rings. The first-order valence-electron chi connectivity index (χ1n) is 6.07. The zero-order valence-electron chi connectivity index (χ0n) is 11.3. The van der Waals surface area contributed by atoms with Crippen molar-refractivity contribution in [3.63, 3.8) is 0 Å². The fraction of sp³-hybridized carbons (Fsp3) is 0.357. The van der Waals surface area contributed by atoms with Gasteiger partial charge in [-0.15, -0.1) is 0 Å². The Balaban J connectivity index is 2.49. The summed E-state index contributed by atoms with van der Waals surface area (Å²) in [7, 11) is 1.85. The Morgan fingerprint density at radius 2 is 2.06 bits per heavy atom. The molecule has 18 heavy (non-hydrogen) atoms. The van der Waals surface area contributed by atoms with Gasteiger partial charge in [0.15, 0.2) is 0 Å². The minimum Gasteiger partial charge on any atom is -0.494 e. The Bertz CT molecular complexity index is 573. The number of rotatable bonds is 3. The SMILES string of the molecule is CCOc1ccc(-c2c(C)nn(C)c2N)cc1C. The minimum absolute atomic E-state index is 0.675. The Hall–Kier alpha value is -1.97. The topological polar surface area (TPSA) is 53.1 Å². The van der Waals surface area contributed by atoms with Crippen LogP contribution in [0.4, 0.5) is 5.82 Å². The van der Waals surface area contributed by atoms with Crippen molar-refractivity contribution in [3.8, 4) is 16.9 Å². The average Bonchev–Trinajstić information content (AvgIpc) is 2.56. The zero-order chi connectivity index (χ0) is 13.3. The van der Waals surface area contributed by atoms with E-state index in [1.54, 1.807) is 4.68 Å². The summed E-state index contributed by atoms with van der Waals surface area (Å²) in [6, 6.07) is 6.10. The number of ether oxygens (including phenoxy) is 1. The maximum atomic E-state index is 6.05. The molecule has 1 aromatic carbocycles. The van der Waals surface area contributed by atoms with Crippen LogP contribution in [-0.4, -0.2) is 16.4 Å². The molecular weight excluding hydrogens is 226 g/mol. The summed E-state index contributed by atoms with van der Waals surface area (Å²) in [4.78, 5) is 0. The van der Waals surface area contributed by atoms with E-state index in [-0.39, 0.29) is 0 Å². The van der Waals surface area contributed by atoms with Crippen LogP contribution in [0.5, 0.6) is 5.75 Å². The highest BCUT2D eigenvalue weighted by Gasteiger charge is 2.13. The standard InChI is InChI=1S/C14H19N3O/c1-5-18-12-7-6-11(8-9(12)2)13-10(3)16-17(4)14(13)15/h6-8H,5,15H2,1-4H3. The third-order valence-electron chi connectivity index (χ3n) is 3.03. The van der Waals surface area contributed by atoms with Crippen LogP contribution in [0.15, 0.2) is 18.2 Å². The van der Waals surface area contributed by atoms with E-state index < -0.39 is 0 Å². The summed E-state index contributed by atoms with van der Waals surface area (Å²) in [5.41, 5.74) is 10.2. The molecule has 0 amide bonds. The van der Waals surface area contributed by atoms with Gasteiger partial charge in [0.05, 0.1) is 12.3 Å². The van der Waals surface area contributed by atoms with Gasteiger partial charge >= 0.3 is 0 Å². The molecule has 0 saturated carbocycles. The maximum absolute atomic E-state index is 6.05. The molecule has 0 fully saturated rings. The molecule has 4 nitrogen and oxygen atoms in total. The van der Waals surface area contributed by atoms with Gasteiger partial charge in [-0.25, -0.2) is 0 Å². The summed E-state index contributed by atoms with van der Waals surface area (Å²) < 4.78 is 7.25. The number of aromatic nitrogens is 2. The van der Waals surface area contributed by atoms with E-state index >= 15 is 0 Å². The molecule has 0 aliphatic heterocycles. The normalized spacial score (nSPS) is 10.7. The highest BCUT2D eigenvalue weighted by Crippen LogP contribution is 2.32. The second-order valence-electron chi connectivity index (χ2n) is 4.38. The van der Waals surface area contributed by atoms with Crippen LogP contribution < -0.4 is 10.5 Å². The van der Waals surface area contributed by atoms with E-state index in [0.717, 1.165) is 28.1 Å². The lowest BCUT2D eigenvalue weighted by atomic mass is 10.0. The van der Waals surface area contributed by atoms with Crippen LogP contribution in [0.3, 0.4) is 0 Å². The lowest BCUT2D eigenvalue weighted by molar-refractivity contribution is 0.338. The van der Waals surface area contributed by atoms with Crippen molar-refractivity contribution in [2.24, 2.45) is 7.05 Å². The molecule has 1 aromatic heterocycles. The van der Waals surface area contributed by atoms with Gasteiger partial charge in [-0.2, -0.15) is 5.10 Å². The molecule has 2 N–H and O–H groups in total. The van der Waals surface area contributed by atoms with Crippen LogP contribution in [0.25, 0.3) is 11.1 Å². The van der Waals surface area contributed by atoms with Crippen LogP contribution in [0, 0.1) is 13.8 Å². The van der Waals surface area contributed by atoms with Crippen molar-refractivity contribution in [2.45, 2.75) is 20.8 Å². The number of nitrogens with two attached hydrogens (primary N) is 1. The molecule has 0 bridgehead atoms. The lowest BCUT2D eigenvalue weighted by Crippen LogP contribution is -1.98. The number of benzene rings is 1. The summed E-state index contributed by atoms with van der Waals surface area (Å²) in [6.07, 6.45) is 0. The van der Waals surface area contributed by atoms with Gasteiger partial charge in [0.25, 0.3) is 0 Å². The van der Waals surface area contributed by atoms with Crippen LogP contribution in [0.2, 0.25) is 0 Å². The Labute approximate surface area is 107 Å². The molecule has 4 heteroatoms. The maximum Gasteiger partial charge on any atom is 0.129 e. The summed E-state index contributed by atoms with van der Waals surface area (Å²) in [5.74, 6) is 1.61. The second-order valence-corrected chi connectivity index (χ2v) is 4.38. The van der Waals surface area contributed by atoms with Crippen molar-refractivity contribution in [2.75, 3.05) is 12.3 Å². The number of hydrogen-bond acceptors (Lipinski definition) is 3. The highest BCUT2D eigenvalue weighted by atomic mass is 16.5. The van der Waals surface area contributed by atoms with Crippen molar-refractivity contribution in [1.29, 1.82) is 0 Å². The zero-order valence-corrected chi connectivity index (χ0v) is 11.3. The third kappa shape index (κ3) is 2.06. The van der Waals surface area contributed by atoms with Gasteiger partial charge in [0, 0.05) is 12.6 Å². The molecular formula is C14H19N3O. The van der Waals surface area contributed by atoms with Crippen molar-refractivity contribution < 1.29 is 4.74 Å². The quantitative estimate of drug-likeness (QED) is 0.904. The Morgan fingerprint density at radius 3 is 2.56 bits per heavy atom. The number of nitrogens with zero attached hydrogens (tertiary/aromatic N) is 2. The lowest BCUT2D eigenvalue weighted by Gasteiger charge is -2.09. The van der Waals surface area contributed by atoms with Crippen LogP contribution in [-0.2, 0) is 7.05 Å². The first-order valence-corrected chi connectivity index (χ1v) is 6.07. The predicted molar refractivity (Wildman–Crippen MR) is 73.7 cm³/mol. The molecule has 0 radical (unpaired) electrons. The summed E-state index contributed by atoms with van der Waals surface area (Å²) in [6.45, 7) is 6.67. The monoisotopic (exact) mass is 245 g/mol. The van der Waals surface area contributed by atoms with Gasteiger partial charge in [-0.1, -0.05) is 6.07 Å². The molecule has 0 unspecified atom stereocenters. The van der Waals surface area contributed by atoms with Gasteiger partial charge in [0.1, 0.15) is 11.6 Å². The van der Waals surface area contributed by atoms with Crippen molar-refractivity contribution in [3.05, 3.63) is 29.5 Å². The van der Waals surface area contributed by atoms with Crippen LogP contribution >= 0.6 is 0 Å². The average molecular weight is 245 g/mol. The molecule has 0 spiro atoms. The van der Waals surface area contributed by atoms with E-state index in [4.69, 9.17) is 10.5 Å². The largest absolute Gasteiger partial charge is 0.494 e. The molecule has 2 rings (SSSR count). The van der Waals surface area contributed by atoms with Gasteiger partial charge in [-0.05, 0) is 44.0 Å². The van der Waals surface area contributed by atoms with E-state index in [0.29, 0.717) is 12.4 Å². The van der Waals surface area contributed by atoms with Crippen molar-refractivity contribution >= 4 is 5.82 Å². The van der Waals surface area contributed by atoms with Gasteiger partial charge in [-0.3, -0.25) is 4.68 Å². The third-order valence-corrected chi connectivity index (χ3v) is 3.03. The Kier molecular flexibility index (Phi) is 3.28. The second kappa shape index (κ2) is 4.72.